The van der Waals surface area contributed by atoms with Crippen LogP contribution in [-0.2, 0) is 17.6 Å². The molecule has 0 spiro atoms. The van der Waals surface area contributed by atoms with Crippen LogP contribution in [0, 0.1) is 17.2 Å². The number of fused-ring (bicyclic) bond motifs is 3. The number of furan rings is 1. The first-order chi connectivity index (χ1) is 17.0. The van der Waals surface area contributed by atoms with Crippen LogP contribution in [0.4, 0.5) is 0 Å². The summed E-state index contributed by atoms with van der Waals surface area (Å²) in [5.41, 5.74) is 2.35. The fourth-order valence-corrected chi connectivity index (χ4v) is 5.73. The number of nitrogens with one attached hydrogen (secondary N) is 1. The van der Waals surface area contributed by atoms with E-state index in [0.717, 1.165) is 30.4 Å². The van der Waals surface area contributed by atoms with E-state index in [2.05, 4.69) is 23.0 Å². The Balaban J connectivity index is 1.44. The molecule has 1 N–H and O–H groups in total. The number of rotatable bonds is 5. The highest BCUT2D eigenvalue weighted by atomic mass is 32.1. The topological polar surface area (TPSA) is 109 Å². The van der Waals surface area contributed by atoms with Gasteiger partial charge in [0.05, 0.1) is 23.1 Å². The van der Waals surface area contributed by atoms with Crippen molar-refractivity contribution >= 4 is 39.2 Å². The lowest BCUT2D eigenvalue weighted by Crippen LogP contribution is -2.14. The van der Waals surface area contributed by atoms with E-state index in [1.807, 2.05) is 0 Å². The summed E-state index contributed by atoms with van der Waals surface area (Å²) in [7, 11) is 0. The van der Waals surface area contributed by atoms with Gasteiger partial charge in [-0.15, -0.1) is 11.3 Å². The Bertz CT molecular complexity index is 1550. The molecular weight excluding hydrogens is 462 g/mol. The number of H-pyrrole nitrogens is 1. The molecule has 0 bridgehead atoms. The SMILES string of the molecule is CCOC(=O)c1ccc(-c2ccc(C=C(C#N)c3nc4sc5c(c4c(=O)[nH]3)CCC(C)C5)o2)cc1. The predicted octanol–water partition coefficient (Wildman–Crippen LogP) is 5.61. The number of carbonyl (C=O) groups is 1. The van der Waals surface area contributed by atoms with Crippen LogP contribution in [0.25, 0.3) is 33.2 Å². The Morgan fingerprint density at radius 2 is 2.11 bits per heavy atom. The summed E-state index contributed by atoms with van der Waals surface area (Å²) in [6.45, 7) is 4.30. The summed E-state index contributed by atoms with van der Waals surface area (Å²) in [5, 5.41) is 10.4. The first-order valence-corrected chi connectivity index (χ1v) is 12.3. The molecule has 0 aliphatic heterocycles. The summed E-state index contributed by atoms with van der Waals surface area (Å²) in [6, 6.07) is 12.6. The maximum absolute atomic E-state index is 12.9. The number of hydrogen-bond acceptors (Lipinski definition) is 7. The van der Waals surface area contributed by atoms with E-state index >= 15 is 0 Å². The lowest BCUT2D eigenvalue weighted by Gasteiger charge is -2.17. The van der Waals surface area contributed by atoms with Gasteiger partial charge in [-0.05, 0) is 61.9 Å². The normalized spacial score (nSPS) is 15.6. The summed E-state index contributed by atoms with van der Waals surface area (Å²) in [5.74, 6) is 1.49. The van der Waals surface area contributed by atoms with Crippen LogP contribution in [0.1, 0.15) is 52.7 Å². The Morgan fingerprint density at radius 1 is 1.31 bits per heavy atom. The number of aromatic nitrogens is 2. The molecule has 1 aliphatic rings. The number of nitrogens with zero attached hydrogens (tertiary/aromatic N) is 2. The second-order valence-electron chi connectivity index (χ2n) is 8.62. The number of hydrogen-bond donors (Lipinski definition) is 1. The van der Waals surface area contributed by atoms with Crippen LogP contribution in [0.5, 0.6) is 0 Å². The predicted molar refractivity (Wildman–Crippen MR) is 135 cm³/mol. The Morgan fingerprint density at radius 3 is 2.86 bits per heavy atom. The van der Waals surface area contributed by atoms with Gasteiger partial charge < -0.3 is 14.1 Å². The van der Waals surface area contributed by atoms with Crippen LogP contribution in [0.15, 0.2) is 45.6 Å². The first kappa shape index (κ1) is 22.8. The van der Waals surface area contributed by atoms with Gasteiger partial charge in [0.25, 0.3) is 5.56 Å². The highest BCUT2D eigenvalue weighted by molar-refractivity contribution is 7.18. The Labute approximate surface area is 205 Å². The number of aryl methyl sites for hydroxylation is 1. The van der Waals surface area contributed by atoms with Crippen LogP contribution in [-0.4, -0.2) is 22.5 Å². The van der Waals surface area contributed by atoms with E-state index in [0.29, 0.717) is 39.8 Å². The monoisotopic (exact) mass is 485 g/mol. The molecule has 0 radical (unpaired) electrons. The molecule has 3 heterocycles. The average Bonchev–Trinajstić information content (AvgIpc) is 3.47. The highest BCUT2D eigenvalue weighted by Gasteiger charge is 2.23. The van der Waals surface area contributed by atoms with Gasteiger partial charge in [-0.2, -0.15) is 5.26 Å². The van der Waals surface area contributed by atoms with E-state index in [9.17, 15) is 14.9 Å². The second-order valence-corrected chi connectivity index (χ2v) is 9.70. The number of allylic oxidation sites excluding steroid dienone is 1. The molecule has 3 aromatic heterocycles. The van der Waals surface area contributed by atoms with Gasteiger partial charge >= 0.3 is 5.97 Å². The zero-order chi connectivity index (χ0) is 24.5. The van der Waals surface area contributed by atoms with Crippen molar-refractivity contribution in [2.45, 2.75) is 33.1 Å². The molecule has 5 rings (SSSR count). The highest BCUT2D eigenvalue weighted by Crippen LogP contribution is 2.36. The molecule has 1 aliphatic carbocycles. The summed E-state index contributed by atoms with van der Waals surface area (Å²) < 4.78 is 10.9. The van der Waals surface area contributed by atoms with Crippen molar-refractivity contribution < 1.29 is 13.9 Å². The molecule has 7 nitrogen and oxygen atoms in total. The van der Waals surface area contributed by atoms with Crippen LogP contribution < -0.4 is 5.56 Å². The number of benzene rings is 1. The van der Waals surface area contributed by atoms with E-state index in [1.165, 1.54) is 4.88 Å². The van der Waals surface area contributed by atoms with Crippen molar-refractivity contribution in [3.05, 3.63) is 74.3 Å². The molecule has 8 heteroatoms. The zero-order valence-corrected chi connectivity index (χ0v) is 20.2. The third-order valence-corrected chi connectivity index (χ3v) is 7.28. The van der Waals surface area contributed by atoms with Gasteiger partial charge in [0, 0.05) is 16.5 Å². The number of esters is 1. The van der Waals surface area contributed by atoms with Crippen LogP contribution in [0.2, 0.25) is 0 Å². The van der Waals surface area contributed by atoms with Crippen LogP contribution in [0.3, 0.4) is 0 Å². The fourth-order valence-electron chi connectivity index (χ4n) is 4.34. The van der Waals surface area contributed by atoms with Gasteiger partial charge in [-0.25, -0.2) is 9.78 Å². The van der Waals surface area contributed by atoms with Crippen molar-refractivity contribution in [1.82, 2.24) is 9.97 Å². The second kappa shape index (κ2) is 9.35. The lowest BCUT2D eigenvalue weighted by molar-refractivity contribution is 0.0526. The summed E-state index contributed by atoms with van der Waals surface area (Å²) >= 11 is 1.55. The van der Waals surface area contributed by atoms with Gasteiger partial charge in [0.1, 0.15) is 22.4 Å². The minimum absolute atomic E-state index is 0.208. The molecule has 0 fully saturated rings. The third-order valence-electron chi connectivity index (χ3n) is 6.13. The third kappa shape index (κ3) is 4.43. The molecule has 1 aromatic carbocycles. The molecule has 0 saturated heterocycles. The van der Waals surface area contributed by atoms with Gasteiger partial charge in [-0.3, -0.25) is 4.79 Å². The molecular formula is C27H23N3O4S. The Kier molecular flexibility index (Phi) is 6.10. The maximum Gasteiger partial charge on any atom is 0.338 e. The van der Waals surface area contributed by atoms with Crippen molar-refractivity contribution in [2.24, 2.45) is 5.92 Å². The molecule has 4 aromatic rings. The number of ether oxygens (including phenoxy) is 1. The summed E-state index contributed by atoms with van der Waals surface area (Å²) in [4.78, 5) is 34.1. The number of carbonyl (C=O) groups excluding carboxylic acids is 1. The standard InChI is InChI=1S/C27H23N3O4S/c1-3-33-27(32)17-7-5-16(6-8-17)21-11-9-19(34-21)13-18(14-28)24-29-25(31)23-20-10-4-15(2)12-22(20)35-26(23)30-24/h5-9,11,13,15H,3-4,10,12H2,1-2H3,(H,29,30,31). The van der Waals surface area contributed by atoms with Crippen molar-refractivity contribution in [3.63, 3.8) is 0 Å². The summed E-state index contributed by atoms with van der Waals surface area (Å²) in [6.07, 6.45) is 4.48. The number of thiophene rings is 1. The number of nitriles is 1. The molecule has 176 valence electrons. The molecule has 0 amide bonds. The molecule has 1 atom stereocenters. The van der Waals surface area contributed by atoms with E-state index in [-0.39, 0.29) is 22.9 Å². The van der Waals surface area contributed by atoms with E-state index < -0.39 is 0 Å². The van der Waals surface area contributed by atoms with Crippen LogP contribution >= 0.6 is 11.3 Å². The molecule has 35 heavy (non-hydrogen) atoms. The maximum atomic E-state index is 12.9. The fraction of sp³-hybridized carbons (Fsp3) is 0.259. The number of aromatic amines is 1. The average molecular weight is 486 g/mol. The van der Waals surface area contributed by atoms with Crippen molar-refractivity contribution in [1.29, 1.82) is 5.26 Å². The van der Waals surface area contributed by atoms with E-state index in [1.54, 1.807) is 60.7 Å². The molecule has 1 unspecified atom stereocenters. The minimum Gasteiger partial charge on any atom is -0.462 e. The van der Waals surface area contributed by atoms with Gasteiger partial charge in [0.2, 0.25) is 0 Å². The minimum atomic E-state index is -0.375. The zero-order valence-electron chi connectivity index (χ0n) is 19.4. The first-order valence-electron chi connectivity index (χ1n) is 11.5. The largest absolute Gasteiger partial charge is 0.462 e. The van der Waals surface area contributed by atoms with Gasteiger partial charge in [-0.1, -0.05) is 19.1 Å². The lowest BCUT2D eigenvalue weighted by atomic mass is 9.89. The van der Waals surface area contributed by atoms with Crippen molar-refractivity contribution in [3.8, 4) is 17.4 Å². The molecule has 0 saturated carbocycles. The van der Waals surface area contributed by atoms with Crippen molar-refractivity contribution in [2.75, 3.05) is 6.61 Å². The Hall–Kier alpha value is -3.96. The van der Waals surface area contributed by atoms with E-state index in [4.69, 9.17) is 9.15 Å². The van der Waals surface area contributed by atoms with Gasteiger partial charge in [0.15, 0.2) is 5.82 Å². The smallest absolute Gasteiger partial charge is 0.338 e. The quantitative estimate of drug-likeness (QED) is 0.291.